The number of aryl methyl sites for hydroxylation is 1. The second kappa shape index (κ2) is 5.22. The number of carboxylic acids is 1. The molecule has 2 aromatic rings. The number of aromatic nitrogens is 2. The molecule has 0 radical (unpaired) electrons. The molecular formula is C14H15FN2O2. The first kappa shape index (κ1) is 13.3. The standard InChI is InChI=1S/C14H15FN2O2/c1-9-13(7-8-14(18)19)10(2)17(16-9)12-5-3-11(15)4-6-12/h3-6H,7-8H2,1-2H3,(H,18,19). The number of rotatable bonds is 4. The van der Waals surface area contributed by atoms with Gasteiger partial charge in [0.25, 0.3) is 0 Å². The van der Waals surface area contributed by atoms with Crippen LogP contribution in [0.25, 0.3) is 5.69 Å². The van der Waals surface area contributed by atoms with E-state index < -0.39 is 5.97 Å². The number of benzene rings is 1. The molecule has 1 aromatic heterocycles. The Hall–Kier alpha value is -2.17. The first-order chi connectivity index (χ1) is 8.99. The lowest BCUT2D eigenvalue weighted by Gasteiger charge is -2.05. The lowest BCUT2D eigenvalue weighted by Crippen LogP contribution is -2.01. The second-order valence-electron chi connectivity index (χ2n) is 4.43. The molecule has 0 aliphatic rings. The van der Waals surface area contributed by atoms with Crippen LogP contribution in [-0.2, 0) is 11.2 Å². The maximum atomic E-state index is 12.9. The zero-order valence-corrected chi connectivity index (χ0v) is 10.9. The summed E-state index contributed by atoms with van der Waals surface area (Å²) in [7, 11) is 0. The average molecular weight is 262 g/mol. The molecule has 4 nitrogen and oxygen atoms in total. The summed E-state index contributed by atoms with van der Waals surface area (Å²) in [5.41, 5.74) is 3.41. The van der Waals surface area contributed by atoms with Crippen LogP contribution in [-0.4, -0.2) is 20.9 Å². The maximum absolute atomic E-state index is 12.9. The smallest absolute Gasteiger partial charge is 0.303 e. The molecular weight excluding hydrogens is 247 g/mol. The summed E-state index contributed by atoms with van der Waals surface area (Å²) in [6, 6.07) is 6.05. The van der Waals surface area contributed by atoms with E-state index in [4.69, 9.17) is 5.11 Å². The lowest BCUT2D eigenvalue weighted by atomic mass is 10.1. The fourth-order valence-corrected chi connectivity index (χ4v) is 2.10. The van der Waals surface area contributed by atoms with Crippen LogP contribution in [0.2, 0.25) is 0 Å². The van der Waals surface area contributed by atoms with Gasteiger partial charge in [-0.15, -0.1) is 0 Å². The van der Waals surface area contributed by atoms with Crippen molar-refractivity contribution >= 4 is 5.97 Å². The largest absolute Gasteiger partial charge is 0.481 e. The molecule has 100 valence electrons. The number of carboxylic acid groups (broad SMARTS) is 1. The van der Waals surface area contributed by atoms with Crippen molar-refractivity contribution in [1.29, 1.82) is 0 Å². The number of hydrogen-bond donors (Lipinski definition) is 1. The Morgan fingerprint density at radius 2 is 1.95 bits per heavy atom. The minimum Gasteiger partial charge on any atom is -0.481 e. The molecule has 0 saturated carbocycles. The maximum Gasteiger partial charge on any atom is 0.303 e. The normalized spacial score (nSPS) is 10.7. The van der Waals surface area contributed by atoms with Crippen molar-refractivity contribution in [1.82, 2.24) is 9.78 Å². The van der Waals surface area contributed by atoms with Crippen LogP contribution >= 0.6 is 0 Å². The van der Waals surface area contributed by atoms with Crippen molar-refractivity contribution in [3.05, 3.63) is 47.0 Å². The van der Waals surface area contributed by atoms with E-state index in [-0.39, 0.29) is 12.2 Å². The molecule has 1 aromatic carbocycles. The quantitative estimate of drug-likeness (QED) is 0.921. The van der Waals surface area contributed by atoms with Gasteiger partial charge in [-0.05, 0) is 50.1 Å². The van der Waals surface area contributed by atoms with Crippen LogP contribution in [0, 0.1) is 19.7 Å². The number of hydrogen-bond acceptors (Lipinski definition) is 2. The minimum absolute atomic E-state index is 0.0801. The van der Waals surface area contributed by atoms with Crippen LogP contribution < -0.4 is 0 Å². The summed E-state index contributed by atoms with van der Waals surface area (Å²) >= 11 is 0. The van der Waals surface area contributed by atoms with Gasteiger partial charge in [0.15, 0.2) is 0 Å². The SMILES string of the molecule is Cc1nn(-c2ccc(F)cc2)c(C)c1CCC(=O)O. The van der Waals surface area contributed by atoms with Gasteiger partial charge in [0.2, 0.25) is 0 Å². The van der Waals surface area contributed by atoms with Gasteiger partial charge in [-0.25, -0.2) is 9.07 Å². The molecule has 1 N–H and O–H groups in total. The first-order valence-electron chi connectivity index (χ1n) is 6.02. The van der Waals surface area contributed by atoms with E-state index in [1.165, 1.54) is 12.1 Å². The Morgan fingerprint density at radius 3 is 2.53 bits per heavy atom. The van der Waals surface area contributed by atoms with Crippen LogP contribution in [0.15, 0.2) is 24.3 Å². The molecule has 0 unspecified atom stereocenters. The molecule has 0 atom stereocenters. The third kappa shape index (κ3) is 2.81. The highest BCUT2D eigenvalue weighted by atomic mass is 19.1. The van der Waals surface area contributed by atoms with E-state index in [0.717, 1.165) is 22.6 Å². The Bertz CT molecular complexity index is 603. The molecule has 2 rings (SSSR count). The third-order valence-electron chi connectivity index (χ3n) is 3.10. The second-order valence-corrected chi connectivity index (χ2v) is 4.43. The summed E-state index contributed by atoms with van der Waals surface area (Å²) < 4.78 is 14.6. The zero-order valence-electron chi connectivity index (χ0n) is 10.9. The van der Waals surface area contributed by atoms with Crippen LogP contribution in [0.1, 0.15) is 23.4 Å². The van der Waals surface area contributed by atoms with Crippen molar-refractivity contribution in [2.24, 2.45) is 0 Å². The molecule has 19 heavy (non-hydrogen) atoms. The summed E-state index contributed by atoms with van der Waals surface area (Å²) in [4.78, 5) is 10.6. The molecule has 0 saturated heterocycles. The summed E-state index contributed by atoms with van der Waals surface area (Å²) in [5.74, 6) is -1.12. The predicted octanol–water partition coefficient (Wildman–Crippen LogP) is 2.65. The lowest BCUT2D eigenvalue weighted by molar-refractivity contribution is -0.136. The van der Waals surface area contributed by atoms with E-state index in [0.29, 0.717) is 6.42 Å². The van der Waals surface area contributed by atoms with Gasteiger partial charge in [-0.1, -0.05) is 0 Å². The first-order valence-corrected chi connectivity index (χ1v) is 6.02. The van der Waals surface area contributed by atoms with Gasteiger partial charge < -0.3 is 5.11 Å². The van der Waals surface area contributed by atoms with Gasteiger partial charge in [0.05, 0.1) is 11.4 Å². The number of nitrogens with zero attached hydrogens (tertiary/aromatic N) is 2. The van der Waals surface area contributed by atoms with E-state index in [1.54, 1.807) is 16.8 Å². The van der Waals surface area contributed by atoms with Crippen molar-refractivity contribution in [2.75, 3.05) is 0 Å². The number of aliphatic carboxylic acids is 1. The fraction of sp³-hybridized carbons (Fsp3) is 0.286. The molecule has 0 aliphatic carbocycles. The molecule has 0 aliphatic heterocycles. The summed E-state index contributed by atoms with van der Waals surface area (Å²) in [5, 5.41) is 13.1. The van der Waals surface area contributed by atoms with E-state index in [9.17, 15) is 9.18 Å². The Balaban J connectivity index is 2.35. The number of halogens is 1. The van der Waals surface area contributed by atoms with Crippen LogP contribution in [0.3, 0.4) is 0 Å². The van der Waals surface area contributed by atoms with E-state index in [2.05, 4.69) is 5.10 Å². The third-order valence-corrected chi connectivity index (χ3v) is 3.10. The summed E-state index contributed by atoms with van der Waals surface area (Å²) in [6.45, 7) is 3.74. The molecule has 5 heteroatoms. The number of carbonyl (C=O) groups is 1. The Labute approximate surface area is 110 Å². The monoisotopic (exact) mass is 262 g/mol. The van der Waals surface area contributed by atoms with E-state index >= 15 is 0 Å². The van der Waals surface area contributed by atoms with Gasteiger partial charge >= 0.3 is 5.97 Å². The molecule has 0 fully saturated rings. The minimum atomic E-state index is -0.826. The van der Waals surface area contributed by atoms with Crippen molar-refractivity contribution in [3.63, 3.8) is 0 Å². The Kier molecular flexibility index (Phi) is 3.64. The average Bonchev–Trinajstić information content (AvgIpc) is 2.63. The molecule has 1 heterocycles. The highest BCUT2D eigenvalue weighted by molar-refractivity contribution is 5.67. The topological polar surface area (TPSA) is 55.1 Å². The molecule has 0 spiro atoms. The summed E-state index contributed by atoms with van der Waals surface area (Å²) in [6.07, 6.45) is 0.533. The molecule has 0 amide bonds. The predicted molar refractivity (Wildman–Crippen MR) is 69.0 cm³/mol. The van der Waals surface area contributed by atoms with Gasteiger partial charge in [0.1, 0.15) is 5.82 Å². The van der Waals surface area contributed by atoms with E-state index in [1.807, 2.05) is 13.8 Å². The molecule has 0 bridgehead atoms. The van der Waals surface area contributed by atoms with Gasteiger partial charge in [0, 0.05) is 12.1 Å². The fourth-order valence-electron chi connectivity index (χ4n) is 2.10. The van der Waals surface area contributed by atoms with Crippen molar-refractivity contribution in [2.45, 2.75) is 26.7 Å². The van der Waals surface area contributed by atoms with Crippen LogP contribution in [0.5, 0.6) is 0 Å². The highest BCUT2D eigenvalue weighted by Gasteiger charge is 2.13. The van der Waals surface area contributed by atoms with Crippen molar-refractivity contribution in [3.8, 4) is 5.69 Å². The zero-order chi connectivity index (χ0) is 14.0. The van der Waals surface area contributed by atoms with Crippen molar-refractivity contribution < 1.29 is 14.3 Å². The Morgan fingerprint density at radius 1 is 1.32 bits per heavy atom. The van der Waals surface area contributed by atoms with Gasteiger partial charge in [-0.2, -0.15) is 5.10 Å². The van der Waals surface area contributed by atoms with Crippen LogP contribution in [0.4, 0.5) is 4.39 Å². The van der Waals surface area contributed by atoms with Gasteiger partial charge in [-0.3, -0.25) is 4.79 Å². The highest BCUT2D eigenvalue weighted by Crippen LogP contribution is 2.19.